The van der Waals surface area contributed by atoms with Crippen LogP contribution >= 0.6 is 0 Å². The second-order valence-corrected chi connectivity index (χ2v) is 4.80. The molecule has 0 saturated carbocycles. The van der Waals surface area contributed by atoms with Crippen molar-refractivity contribution >= 4 is 11.6 Å². The minimum atomic E-state index is -0.0508. The second-order valence-electron chi connectivity index (χ2n) is 4.80. The number of carbonyl (C=O) groups excluding carboxylic acids is 1. The van der Waals surface area contributed by atoms with E-state index in [-0.39, 0.29) is 5.91 Å². The quantitative estimate of drug-likeness (QED) is 0.821. The zero-order chi connectivity index (χ0) is 14.9. The number of pyridine rings is 1. The van der Waals surface area contributed by atoms with E-state index >= 15 is 0 Å². The summed E-state index contributed by atoms with van der Waals surface area (Å²) in [5.74, 6) is -0.0508. The molecule has 110 valence electrons. The lowest BCUT2D eigenvalue weighted by Gasteiger charge is -2.11. The van der Waals surface area contributed by atoms with E-state index in [4.69, 9.17) is 0 Å². The molecule has 2 rings (SSSR count). The van der Waals surface area contributed by atoms with E-state index < -0.39 is 0 Å². The zero-order valence-corrected chi connectivity index (χ0v) is 12.3. The molecule has 1 aromatic heterocycles. The standard InChI is InChI=1S/C17H21N3O/c1-2-11-19-16-9-4-3-8-15(16)17(21)20-13-10-14-7-5-6-12-18-14/h3-9,12,19H,2,10-11,13H2,1H3,(H,20,21). The van der Waals surface area contributed by atoms with Crippen LogP contribution in [0, 0.1) is 0 Å². The van der Waals surface area contributed by atoms with Crippen LogP contribution in [0.15, 0.2) is 48.7 Å². The fraction of sp³-hybridized carbons (Fsp3) is 0.294. The number of anilines is 1. The van der Waals surface area contributed by atoms with Gasteiger partial charge >= 0.3 is 0 Å². The Morgan fingerprint density at radius 1 is 1.10 bits per heavy atom. The summed E-state index contributed by atoms with van der Waals surface area (Å²) in [5, 5.41) is 6.22. The van der Waals surface area contributed by atoms with Gasteiger partial charge < -0.3 is 10.6 Å². The van der Waals surface area contributed by atoms with Crippen molar-refractivity contribution in [2.75, 3.05) is 18.4 Å². The van der Waals surface area contributed by atoms with Gasteiger partial charge in [-0.3, -0.25) is 9.78 Å². The number of benzene rings is 1. The average Bonchev–Trinajstić information content (AvgIpc) is 2.54. The van der Waals surface area contributed by atoms with E-state index in [0.29, 0.717) is 12.1 Å². The molecule has 1 amide bonds. The summed E-state index contributed by atoms with van der Waals surface area (Å²) in [7, 11) is 0. The van der Waals surface area contributed by atoms with Crippen molar-refractivity contribution in [1.29, 1.82) is 0 Å². The monoisotopic (exact) mass is 283 g/mol. The first-order valence-electron chi connectivity index (χ1n) is 7.32. The van der Waals surface area contributed by atoms with Crippen LogP contribution in [-0.4, -0.2) is 24.0 Å². The first-order chi connectivity index (χ1) is 10.3. The lowest BCUT2D eigenvalue weighted by molar-refractivity contribution is 0.0955. The van der Waals surface area contributed by atoms with E-state index in [0.717, 1.165) is 30.8 Å². The molecule has 0 unspecified atom stereocenters. The van der Waals surface area contributed by atoms with Gasteiger partial charge in [-0.15, -0.1) is 0 Å². The molecule has 0 spiro atoms. The predicted molar refractivity (Wildman–Crippen MR) is 85.5 cm³/mol. The van der Waals surface area contributed by atoms with Crippen molar-refractivity contribution in [3.63, 3.8) is 0 Å². The summed E-state index contributed by atoms with van der Waals surface area (Å²) >= 11 is 0. The number of para-hydroxylation sites is 1. The first kappa shape index (κ1) is 15.0. The van der Waals surface area contributed by atoms with Crippen LogP contribution in [0.1, 0.15) is 29.4 Å². The number of nitrogens with zero attached hydrogens (tertiary/aromatic N) is 1. The fourth-order valence-electron chi connectivity index (χ4n) is 2.04. The van der Waals surface area contributed by atoms with E-state index in [2.05, 4.69) is 22.5 Å². The Balaban J connectivity index is 1.91. The number of amides is 1. The maximum Gasteiger partial charge on any atom is 0.253 e. The smallest absolute Gasteiger partial charge is 0.253 e. The number of hydrogen-bond donors (Lipinski definition) is 2. The van der Waals surface area contributed by atoms with Crippen molar-refractivity contribution in [2.24, 2.45) is 0 Å². The summed E-state index contributed by atoms with van der Waals surface area (Å²) in [6.45, 7) is 3.54. The summed E-state index contributed by atoms with van der Waals surface area (Å²) in [6.07, 6.45) is 3.52. The topological polar surface area (TPSA) is 54.0 Å². The molecular formula is C17H21N3O. The number of rotatable bonds is 7. The molecule has 0 saturated heterocycles. The fourth-order valence-corrected chi connectivity index (χ4v) is 2.04. The highest BCUT2D eigenvalue weighted by molar-refractivity contribution is 5.99. The molecule has 0 bridgehead atoms. The van der Waals surface area contributed by atoms with Gasteiger partial charge in [0.1, 0.15) is 0 Å². The van der Waals surface area contributed by atoms with Crippen LogP contribution < -0.4 is 10.6 Å². The van der Waals surface area contributed by atoms with Crippen LogP contribution in [0.3, 0.4) is 0 Å². The van der Waals surface area contributed by atoms with Crippen molar-refractivity contribution in [3.05, 3.63) is 59.9 Å². The Morgan fingerprint density at radius 2 is 1.90 bits per heavy atom. The second kappa shape index (κ2) is 8.04. The number of hydrogen-bond acceptors (Lipinski definition) is 3. The SMILES string of the molecule is CCCNc1ccccc1C(=O)NCCc1ccccn1. The molecule has 21 heavy (non-hydrogen) atoms. The van der Waals surface area contributed by atoms with Gasteiger partial charge in [0.15, 0.2) is 0 Å². The highest BCUT2D eigenvalue weighted by Crippen LogP contribution is 2.14. The Morgan fingerprint density at radius 3 is 2.67 bits per heavy atom. The maximum absolute atomic E-state index is 12.2. The van der Waals surface area contributed by atoms with Crippen molar-refractivity contribution in [1.82, 2.24) is 10.3 Å². The summed E-state index contributed by atoms with van der Waals surface area (Å²) in [5.41, 5.74) is 2.55. The average molecular weight is 283 g/mol. The van der Waals surface area contributed by atoms with Crippen LogP contribution in [0.4, 0.5) is 5.69 Å². The molecule has 0 fully saturated rings. The Hall–Kier alpha value is -2.36. The van der Waals surface area contributed by atoms with Crippen LogP contribution in [-0.2, 0) is 6.42 Å². The van der Waals surface area contributed by atoms with Gasteiger partial charge in [0.05, 0.1) is 5.56 Å². The third-order valence-corrected chi connectivity index (χ3v) is 3.13. The van der Waals surface area contributed by atoms with Crippen molar-refractivity contribution < 1.29 is 4.79 Å². The molecular weight excluding hydrogens is 262 g/mol. The Kier molecular flexibility index (Phi) is 5.76. The van der Waals surface area contributed by atoms with Gasteiger partial charge in [0.25, 0.3) is 5.91 Å². The van der Waals surface area contributed by atoms with Gasteiger partial charge in [-0.2, -0.15) is 0 Å². The molecule has 2 N–H and O–H groups in total. The largest absolute Gasteiger partial charge is 0.384 e. The van der Waals surface area contributed by atoms with Crippen LogP contribution in [0.2, 0.25) is 0 Å². The molecule has 0 atom stereocenters. The van der Waals surface area contributed by atoms with Gasteiger partial charge in [0.2, 0.25) is 0 Å². The van der Waals surface area contributed by atoms with E-state index in [1.165, 1.54) is 0 Å². The predicted octanol–water partition coefficient (Wildman–Crippen LogP) is 2.88. The minimum Gasteiger partial charge on any atom is -0.384 e. The minimum absolute atomic E-state index is 0.0508. The third kappa shape index (κ3) is 4.60. The van der Waals surface area contributed by atoms with Crippen LogP contribution in [0.25, 0.3) is 0 Å². The number of aromatic nitrogens is 1. The molecule has 0 aliphatic carbocycles. The molecule has 0 aliphatic heterocycles. The van der Waals surface area contributed by atoms with Crippen LogP contribution in [0.5, 0.6) is 0 Å². The zero-order valence-electron chi connectivity index (χ0n) is 12.3. The number of nitrogens with one attached hydrogen (secondary N) is 2. The summed E-state index contributed by atoms with van der Waals surface area (Å²) in [6, 6.07) is 13.4. The third-order valence-electron chi connectivity index (χ3n) is 3.13. The highest BCUT2D eigenvalue weighted by atomic mass is 16.1. The van der Waals surface area contributed by atoms with Gasteiger partial charge in [-0.1, -0.05) is 25.1 Å². The maximum atomic E-state index is 12.2. The summed E-state index contributed by atoms with van der Waals surface area (Å²) in [4.78, 5) is 16.5. The summed E-state index contributed by atoms with van der Waals surface area (Å²) < 4.78 is 0. The van der Waals surface area contributed by atoms with Gasteiger partial charge in [-0.25, -0.2) is 0 Å². The Labute approximate surface area is 125 Å². The Bertz CT molecular complexity index is 569. The first-order valence-corrected chi connectivity index (χ1v) is 7.32. The molecule has 1 aromatic carbocycles. The number of carbonyl (C=O) groups is 1. The van der Waals surface area contributed by atoms with E-state index in [9.17, 15) is 4.79 Å². The molecule has 1 heterocycles. The van der Waals surface area contributed by atoms with E-state index in [1.807, 2.05) is 42.5 Å². The highest BCUT2D eigenvalue weighted by Gasteiger charge is 2.09. The molecule has 0 radical (unpaired) electrons. The van der Waals surface area contributed by atoms with Crippen molar-refractivity contribution in [2.45, 2.75) is 19.8 Å². The van der Waals surface area contributed by atoms with Gasteiger partial charge in [0, 0.05) is 37.1 Å². The molecule has 0 aliphatic rings. The van der Waals surface area contributed by atoms with Crippen molar-refractivity contribution in [3.8, 4) is 0 Å². The molecule has 2 aromatic rings. The van der Waals surface area contributed by atoms with E-state index in [1.54, 1.807) is 6.20 Å². The molecule has 4 nitrogen and oxygen atoms in total. The lowest BCUT2D eigenvalue weighted by atomic mass is 10.1. The molecule has 4 heteroatoms. The van der Waals surface area contributed by atoms with Gasteiger partial charge in [-0.05, 0) is 30.7 Å². The lowest BCUT2D eigenvalue weighted by Crippen LogP contribution is -2.26. The normalized spacial score (nSPS) is 10.1.